The summed E-state index contributed by atoms with van der Waals surface area (Å²) < 4.78 is 5.28. The fraction of sp³-hybridized carbons (Fsp3) is 0.900. The standard InChI is InChI=1S/C10H20O3S/c1-3-5-10(12)14-9(7-11)8-13-6-4-2/h9,11H,3-8H2,1-2H3/t9-/m0/s1. The lowest BCUT2D eigenvalue weighted by Crippen LogP contribution is -2.19. The fourth-order valence-electron chi connectivity index (χ4n) is 0.932. The van der Waals surface area contributed by atoms with Crippen LogP contribution >= 0.6 is 11.8 Å². The Morgan fingerprint density at radius 2 is 2.14 bits per heavy atom. The molecule has 0 rings (SSSR count). The van der Waals surface area contributed by atoms with E-state index < -0.39 is 0 Å². The maximum absolute atomic E-state index is 11.2. The van der Waals surface area contributed by atoms with E-state index >= 15 is 0 Å². The lowest BCUT2D eigenvalue weighted by Gasteiger charge is -2.12. The van der Waals surface area contributed by atoms with Crippen molar-refractivity contribution in [2.45, 2.75) is 38.4 Å². The number of carbonyl (C=O) groups is 1. The zero-order chi connectivity index (χ0) is 10.8. The van der Waals surface area contributed by atoms with Crippen molar-refractivity contribution in [3.05, 3.63) is 0 Å². The van der Waals surface area contributed by atoms with Gasteiger partial charge in [-0.1, -0.05) is 25.6 Å². The van der Waals surface area contributed by atoms with Gasteiger partial charge in [0.2, 0.25) is 0 Å². The van der Waals surface area contributed by atoms with Gasteiger partial charge in [0, 0.05) is 13.0 Å². The zero-order valence-electron chi connectivity index (χ0n) is 8.99. The van der Waals surface area contributed by atoms with Gasteiger partial charge in [0.1, 0.15) is 0 Å². The molecule has 0 spiro atoms. The lowest BCUT2D eigenvalue weighted by molar-refractivity contribution is -0.111. The van der Waals surface area contributed by atoms with Crippen molar-refractivity contribution in [2.75, 3.05) is 19.8 Å². The Kier molecular flexibility index (Phi) is 9.45. The van der Waals surface area contributed by atoms with Crippen LogP contribution in [0.1, 0.15) is 33.1 Å². The first kappa shape index (κ1) is 13.9. The Balaban J connectivity index is 3.61. The molecule has 0 aromatic heterocycles. The summed E-state index contributed by atoms with van der Waals surface area (Å²) in [5, 5.41) is 9.04. The van der Waals surface area contributed by atoms with E-state index in [2.05, 4.69) is 0 Å². The molecule has 0 saturated carbocycles. The SMILES string of the molecule is CCCOC[C@H](CO)SC(=O)CCC. The molecule has 0 heterocycles. The van der Waals surface area contributed by atoms with Gasteiger partial charge in [-0.15, -0.1) is 0 Å². The molecule has 84 valence electrons. The van der Waals surface area contributed by atoms with Crippen molar-refractivity contribution in [2.24, 2.45) is 0 Å². The first-order valence-corrected chi connectivity index (χ1v) is 6.00. The van der Waals surface area contributed by atoms with Crippen LogP contribution in [0.3, 0.4) is 0 Å². The number of carbonyl (C=O) groups excluding carboxylic acids is 1. The van der Waals surface area contributed by atoms with E-state index in [1.807, 2.05) is 13.8 Å². The second-order valence-electron chi connectivity index (χ2n) is 3.12. The van der Waals surface area contributed by atoms with E-state index in [9.17, 15) is 4.79 Å². The molecule has 14 heavy (non-hydrogen) atoms. The van der Waals surface area contributed by atoms with Crippen LogP contribution in [0, 0.1) is 0 Å². The average Bonchev–Trinajstić information content (AvgIpc) is 2.17. The molecule has 4 heteroatoms. The molecular weight excluding hydrogens is 200 g/mol. The third-order valence-corrected chi connectivity index (χ3v) is 2.69. The summed E-state index contributed by atoms with van der Waals surface area (Å²) in [6.07, 6.45) is 2.40. The van der Waals surface area contributed by atoms with E-state index in [0.717, 1.165) is 12.8 Å². The monoisotopic (exact) mass is 220 g/mol. The minimum absolute atomic E-state index is 0.00380. The fourth-order valence-corrected chi connectivity index (χ4v) is 1.86. The van der Waals surface area contributed by atoms with E-state index in [0.29, 0.717) is 19.6 Å². The largest absolute Gasteiger partial charge is 0.395 e. The summed E-state index contributed by atoms with van der Waals surface area (Å²) in [6, 6.07) is 0. The van der Waals surface area contributed by atoms with Gasteiger partial charge in [-0.05, 0) is 12.8 Å². The second-order valence-corrected chi connectivity index (χ2v) is 4.48. The molecule has 0 radical (unpaired) electrons. The highest BCUT2D eigenvalue weighted by Crippen LogP contribution is 2.15. The van der Waals surface area contributed by atoms with Crippen molar-refractivity contribution >= 4 is 16.9 Å². The van der Waals surface area contributed by atoms with Crippen molar-refractivity contribution in [1.82, 2.24) is 0 Å². The number of hydrogen-bond acceptors (Lipinski definition) is 4. The van der Waals surface area contributed by atoms with Gasteiger partial charge in [0.05, 0.1) is 18.5 Å². The molecule has 0 aromatic carbocycles. The normalized spacial score (nSPS) is 12.8. The van der Waals surface area contributed by atoms with Crippen LogP contribution in [0.4, 0.5) is 0 Å². The molecule has 0 aliphatic carbocycles. The highest BCUT2D eigenvalue weighted by Gasteiger charge is 2.13. The second kappa shape index (κ2) is 9.49. The molecular formula is C10H20O3S. The van der Waals surface area contributed by atoms with Crippen molar-refractivity contribution in [3.8, 4) is 0 Å². The van der Waals surface area contributed by atoms with Crippen LogP contribution < -0.4 is 0 Å². The van der Waals surface area contributed by atoms with E-state index in [1.165, 1.54) is 11.8 Å². The molecule has 0 bridgehead atoms. The lowest BCUT2D eigenvalue weighted by atomic mass is 10.4. The molecule has 0 saturated heterocycles. The summed E-state index contributed by atoms with van der Waals surface area (Å²) in [4.78, 5) is 11.2. The van der Waals surface area contributed by atoms with Gasteiger partial charge < -0.3 is 9.84 Å². The Labute approximate surface area is 90.2 Å². The van der Waals surface area contributed by atoms with Crippen molar-refractivity contribution in [1.29, 1.82) is 0 Å². The first-order chi connectivity index (χ1) is 6.74. The topological polar surface area (TPSA) is 46.5 Å². The number of thioether (sulfide) groups is 1. The van der Waals surface area contributed by atoms with Crippen molar-refractivity contribution < 1.29 is 14.6 Å². The van der Waals surface area contributed by atoms with E-state index in [-0.39, 0.29) is 17.0 Å². The number of aliphatic hydroxyl groups excluding tert-OH is 1. The van der Waals surface area contributed by atoms with Crippen LogP contribution in [-0.2, 0) is 9.53 Å². The molecule has 0 fully saturated rings. The number of rotatable bonds is 8. The predicted octanol–water partition coefficient (Wildman–Crippen LogP) is 1.83. The molecule has 0 aliphatic heterocycles. The third-order valence-electron chi connectivity index (χ3n) is 1.61. The summed E-state index contributed by atoms with van der Waals surface area (Å²) in [5.41, 5.74) is 0. The number of aliphatic hydroxyl groups is 1. The van der Waals surface area contributed by atoms with Gasteiger partial charge >= 0.3 is 0 Å². The number of hydrogen-bond donors (Lipinski definition) is 1. The highest BCUT2D eigenvalue weighted by molar-refractivity contribution is 8.14. The highest BCUT2D eigenvalue weighted by atomic mass is 32.2. The van der Waals surface area contributed by atoms with Gasteiger partial charge in [0.25, 0.3) is 0 Å². The smallest absolute Gasteiger partial charge is 0.189 e. The minimum Gasteiger partial charge on any atom is -0.395 e. The molecule has 1 atom stereocenters. The van der Waals surface area contributed by atoms with Crippen LogP contribution in [-0.4, -0.2) is 35.3 Å². The first-order valence-electron chi connectivity index (χ1n) is 5.12. The maximum Gasteiger partial charge on any atom is 0.189 e. The molecule has 1 N–H and O–H groups in total. The van der Waals surface area contributed by atoms with Crippen LogP contribution in [0.15, 0.2) is 0 Å². The Bertz CT molecular complexity index is 150. The van der Waals surface area contributed by atoms with Gasteiger partial charge in [-0.25, -0.2) is 0 Å². The molecule has 0 aromatic rings. The zero-order valence-corrected chi connectivity index (χ0v) is 9.81. The van der Waals surface area contributed by atoms with E-state index in [4.69, 9.17) is 9.84 Å². The van der Waals surface area contributed by atoms with Crippen molar-refractivity contribution in [3.63, 3.8) is 0 Å². The quantitative estimate of drug-likeness (QED) is 0.634. The average molecular weight is 220 g/mol. The van der Waals surface area contributed by atoms with Gasteiger partial charge in [-0.3, -0.25) is 4.79 Å². The Hall–Kier alpha value is -0.0600. The third kappa shape index (κ3) is 7.35. The van der Waals surface area contributed by atoms with Crippen LogP contribution in [0.25, 0.3) is 0 Å². The van der Waals surface area contributed by atoms with Gasteiger partial charge in [-0.2, -0.15) is 0 Å². The van der Waals surface area contributed by atoms with E-state index in [1.54, 1.807) is 0 Å². The molecule has 0 aliphatic rings. The summed E-state index contributed by atoms with van der Waals surface area (Å²) >= 11 is 1.21. The maximum atomic E-state index is 11.2. The van der Waals surface area contributed by atoms with Gasteiger partial charge in [0.15, 0.2) is 5.12 Å². The molecule has 0 unspecified atom stereocenters. The van der Waals surface area contributed by atoms with Crippen LogP contribution in [0.5, 0.6) is 0 Å². The number of ether oxygens (including phenoxy) is 1. The van der Waals surface area contributed by atoms with Crippen LogP contribution in [0.2, 0.25) is 0 Å². The Morgan fingerprint density at radius 3 is 2.64 bits per heavy atom. The molecule has 3 nitrogen and oxygen atoms in total. The minimum atomic E-state index is -0.0967. The summed E-state index contributed by atoms with van der Waals surface area (Å²) in [5.74, 6) is 0. The summed E-state index contributed by atoms with van der Waals surface area (Å²) in [7, 11) is 0. The summed E-state index contributed by atoms with van der Waals surface area (Å²) in [6.45, 7) is 5.16. The molecule has 0 amide bonds. The predicted molar refractivity (Wildman–Crippen MR) is 59.5 cm³/mol. The Morgan fingerprint density at radius 1 is 1.43 bits per heavy atom.